The van der Waals surface area contributed by atoms with Gasteiger partial charge in [0, 0.05) is 73.6 Å². The van der Waals surface area contributed by atoms with E-state index in [1.807, 2.05) is 0 Å². The minimum Gasteiger partial charge on any atom is -0.383 e. The second kappa shape index (κ2) is 18.3. The molecule has 4 aromatic heterocycles. The Bertz CT molecular complexity index is 2250. The predicted molar refractivity (Wildman–Crippen MR) is 205 cm³/mol. The SMILES string of the molecule is CN=Cc1cc(-c2cccc(C(F)(F)F)n2)cnc1N.Cc1ncc(-c2cc(C(F)(F)F)nn2CC(C)(C)NC(=O)C(CC2=CN(C(F)F)CC=C2)NC(=O)C2CC2)cn1. The molecule has 13 nitrogen and oxygen atoms in total. The zero-order valence-corrected chi connectivity index (χ0v) is 32.7. The van der Waals surface area contributed by atoms with E-state index in [2.05, 4.69) is 40.7 Å². The molecule has 1 fully saturated rings. The molecule has 60 heavy (non-hydrogen) atoms. The maximum Gasteiger partial charge on any atom is 0.435 e. The van der Waals surface area contributed by atoms with E-state index in [9.17, 15) is 44.7 Å². The molecule has 1 atom stereocenters. The van der Waals surface area contributed by atoms with Crippen LogP contribution in [-0.2, 0) is 28.5 Å². The first-order valence-electron chi connectivity index (χ1n) is 18.3. The van der Waals surface area contributed by atoms with Crippen molar-refractivity contribution in [1.29, 1.82) is 0 Å². The molecule has 0 bridgehead atoms. The fourth-order valence-electron chi connectivity index (χ4n) is 5.87. The largest absolute Gasteiger partial charge is 0.435 e. The highest BCUT2D eigenvalue weighted by Crippen LogP contribution is 2.33. The van der Waals surface area contributed by atoms with Crippen LogP contribution in [0, 0.1) is 12.8 Å². The molecule has 1 aliphatic heterocycles. The monoisotopic (exact) mass is 847 g/mol. The zero-order chi connectivity index (χ0) is 44.0. The van der Waals surface area contributed by atoms with Gasteiger partial charge in [0.2, 0.25) is 11.8 Å². The highest BCUT2D eigenvalue weighted by molar-refractivity contribution is 5.90. The zero-order valence-electron chi connectivity index (χ0n) is 32.7. The van der Waals surface area contributed by atoms with Crippen molar-refractivity contribution in [3.05, 3.63) is 95.6 Å². The highest BCUT2D eigenvalue weighted by Gasteiger charge is 2.38. The minimum absolute atomic E-state index is 0.0115. The first-order valence-corrected chi connectivity index (χ1v) is 18.3. The van der Waals surface area contributed by atoms with Crippen LogP contribution < -0.4 is 16.4 Å². The first-order chi connectivity index (χ1) is 28.1. The number of nitrogens with zero attached hydrogens (tertiary/aromatic N) is 8. The number of allylic oxidation sites excluding steroid dienone is 1. The number of hydrogen-bond acceptors (Lipinski definition) is 10. The fourth-order valence-corrected chi connectivity index (χ4v) is 5.87. The quantitative estimate of drug-likeness (QED) is 0.0807. The average Bonchev–Trinajstić information content (AvgIpc) is 3.95. The Balaban J connectivity index is 0.000000285. The number of anilines is 1. The van der Waals surface area contributed by atoms with Gasteiger partial charge in [0.1, 0.15) is 23.4 Å². The first kappa shape index (κ1) is 44.8. The molecule has 5 heterocycles. The smallest absolute Gasteiger partial charge is 0.383 e. The van der Waals surface area contributed by atoms with Crippen LogP contribution in [0.5, 0.6) is 0 Å². The lowest BCUT2D eigenvalue weighted by molar-refractivity contribution is -0.142. The standard InChI is InChI=1S/C26H30F5N7O2.C13H11F3N4/c1-15-32-11-18(12-33-15)20-10-21(26(29,30)31)36-38(20)14-25(2,3)35-23(40)19(34-22(39)17-6-7-17)9-16-5-4-8-37(13-16)24(27)28;1-18-6-9-5-8(7-19-12(9)17)10-3-2-4-11(20-10)13(14,15)16/h4-5,10-13,17,19,24H,6-9,14H2,1-3H3,(H,34,39)(H,35,40);2-7H,1H3,(H2,17,19). The third-order valence-corrected chi connectivity index (χ3v) is 8.96. The Morgan fingerprint density at radius 2 is 1.65 bits per heavy atom. The van der Waals surface area contributed by atoms with Crippen LogP contribution in [0.1, 0.15) is 55.9 Å². The number of nitrogens with one attached hydrogen (secondary N) is 2. The average molecular weight is 848 g/mol. The maximum atomic E-state index is 13.5. The summed E-state index contributed by atoms with van der Waals surface area (Å²) in [7, 11) is 1.56. The molecule has 0 radical (unpaired) electrons. The van der Waals surface area contributed by atoms with Crippen molar-refractivity contribution in [1.82, 2.24) is 45.2 Å². The Kier molecular flexibility index (Phi) is 13.7. The summed E-state index contributed by atoms with van der Waals surface area (Å²) in [5.74, 6) is -0.428. The molecule has 2 amide bonds. The lowest BCUT2D eigenvalue weighted by Gasteiger charge is -2.30. The van der Waals surface area contributed by atoms with Crippen molar-refractivity contribution in [2.24, 2.45) is 10.9 Å². The third kappa shape index (κ3) is 12.1. The molecule has 0 spiro atoms. The van der Waals surface area contributed by atoms with Crippen LogP contribution in [0.15, 0.2) is 77.8 Å². The summed E-state index contributed by atoms with van der Waals surface area (Å²) in [5.41, 5.74) is 4.45. The number of carbonyl (C=O) groups excluding carboxylic acids is 2. The van der Waals surface area contributed by atoms with Crippen molar-refractivity contribution >= 4 is 23.8 Å². The topological polar surface area (TPSA) is 169 Å². The molecule has 1 aliphatic carbocycles. The van der Waals surface area contributed by atoms with Gasteiger partial charge < -0.3 is 21.3 Å². The number of alkyl halides is 8. The molecule has 2 aliphatic rings. The summed E-state index contributed by atoms with van der Waals surface area (Å²) < 4.78 is 106. The van der Waals surface area contributed by atoms with E-state index < -0.39 is 47.8 Å². The Hall–Kier alpha value is -6.28. The fraction of sp³-hybridized carbons (Fsp3) is 0.385. The molecule has 4 N–H and O–H groups in total. The summed E-state index contributed by atoms with van der Waals surface area (Å²) in [6.45, 7) is 1.97. The van der Waals surface area contributed by atoms with Gasteiger partial charge in [-0.25, -0.2) is 19.9 Å². The number of amides is 2. The highest BCUT2D eigenvalue weighted by atomic mass is 19.4. The normalized spacial score (nSPS) is 15.1. The van der Waals surface area contributed by atoms with Crippen LogP contribution in [-0.4, -0.2) is 84.4 Å². The van der Waals surface area contributed by atoms with Gasteiger partial charge in [-0.2, -0.15) is 40.2 Å². The molecule has 0 saturated heterocycles. The number of nitrogens with two attached hydrogens (primary N) is 1. The summed E-state index contributed by atoms with van der Waals surface area (Å²) >= 11 is 0. The molecular formula is C39H41F8N11O2. The number of aryl methyl sites for hydroxylation is 1. The van der Waals surface area contributed by atoms with Crippen LogP contribution >= 0.6 is 0 Å². The molecule has 1 unspecified atom stereocenters. The number of hydrogen-bond donors (Lipinski definition) is 3. The number of pyridine rings is 2. The lowest BCUT2D eigenvalue weighted by Crippen LogP contribution is -2.55. The van der Waals surface area contributed by atoms with Gasteiger partial charge in [-0.3, -0.25) is 19.3 Å². The molecule has 4 aromatic rings. The molecule has 320 valence electrons. The van der Waals surface area contributed by atoms with Crippen LogP contribution in [0.3, 0.4) is 0 Å². The molecule has 6 rings (SSSR count). The van der Waals surface area contributed by atoms with Crippen LogP contribution in [0.25, 0.3) is 22.5 Å². The summed E-state index contributed by atoms with van der Waals surface area (Å²) in [4.78, 5) is 46.2. The number of aliphatic imine (C=N–C) groups is 1. The molecular weight excluding hydrogens is 806 g/mol. The maximum absolute atomic E-state index is 13.5. The van der Waals surface area contributed by atoms with E-state index in [0.717, 1.165) is 21.7 Å². The summed E-state index contributed by atoms with van der Waals surface area (Å²) in [5, 5.41) is 9.23. The van der Waals surface area contributed by atoms with E-state index in [1.165, 1.54) is 49.2 Å². The van der Waals surface area contributed by atoms with Crippen molar-refractivity contribution in [3.8, 4) is 22.5 Å². The second-order valence-corrected chi connectivity index (χ2v) is 14.6. The van der Waals surface area contributed by atoms with Gasteiger partial charge in [-0.15, -0.1) is 0 Å². The lowest BCUT2D eigenvalue weighted by atomic mass is 10.0. The van der Waals surface area contributed by atoms with E-state index >= 15 is 0 Å². The number of rotatable bonds is 12. The van der Waals surface area contributed by atoms with Crippen molar-refractivity contribution in [3.63, 3.8) is 0 Å². The molecule has 0 aromatic carbocycles. The second-order valence-electron chi connectivity index (χ2n) is 14.6. The summed E-state index contributed by atoms with van der Waals surface area (Å²) in [6.07, 6.45) is 2.20. The van der Waals surface area contributed by atoms with Gasteiger partial charge in [-0.1, -0.05) is 18.2 Å². The van der Waals surface area contributed by atoms with Crippen molar-refractivity contribution < 1.29 is 44.7 Å². The van der Waals surface area contributed by atoms with Crippen molar-refractivity contribution in [2.75, 3.05) is 19.3 Å². The minimum atomic E-state index is -4.70. The van der Waals surface area contributed by atoms with Gasteiger partial charge >= 0.3 is 18.9 Å². The Morgan fingerprint density at radius 1 is 0.983 bits per heavy atom. The number of aromatic nitrogens is 6. The van der Waals surface area contributed by atoms with Gasteiger partial charge in [-0.05, 0) is 63.5 Å². The third-order valence-electron chi connectivity index (χ3n) is 8.96. The Morgan fingerprint density at radius 3 is 2.27 bits per heavy atom. The van der Waals surface area contributed by atoms with Gasteiger partial charge in [0.25, 0.3) is 0 Å². The van der Waals surface area contributed by atoms with Crippen LogP contribution in [0.2, 0.25) is 0 Å². The van der Waals surface area contributed by atoms with Gasteiger partial charge in [0.05, 0.1) is 23.5 Å². The predicted octanol–water partition coefficient (Wildman–Crippen LogP) is 6.62. The van der Waals surface area contributed by atoms with E-state index in [4.69, 9.17) is 5.73 Å². The van der Waals surface area contributed by atoms with E-state index in [1.54, 1.807) is 40.0 Å². The van der Waals surface area contributed by atoms with Gasteiger partial charge in [0.15, 0.2) is 5.69 Å². The van der Waals surface area contributed by atoms with Crippen molar-refractivity contribution in [2.45, 2.75) is 77.1 Å². The summed E-state index contributed by atoms with van der Waals surface area (Å²) in [6, 6.07) is 5.10. The molecule has 21 heteroatoms. The van der Waals surface area contributed by atoms with Crippen LogP contribution in [0.4, 0.5) is 40.9 Å². The Labute approximate surface area is 338 Å². The number of nitrogen functional groups attached to an aromatic ring is 1. The number of carbonyl (C=O) groups is 2. The van der Waals surface area contributed by atoms with E-state index in [-0.39, 0.29) is 48.5 Å². The molecule has 1 saturated carbocycles. The number of halogens is 8. The van der Waals surface area contributed by atoms with E-state index in [0.29, 0.717) is 40.9 Å².